The predicted molar refractivity (Wildman–Crippen MR) is 86.5 cm³/mol. The summed E-state index contributed by atoms with van der Waals surface area (Å²) in [6.07, 6.45) is 5.26. The molecule has 1 aromatic carbocycles. The second kappa shape index (κ2) is 6.08. The summed E-state index contributed by atoms with van der Waals surface area (Å²) < 4.78 is 21.5. The molecule has 4 rings (SSSR count). The molecule has 23 heavy (non-hydrogen) atoms. The normalized spacial score (nSPS) is 18.4. The van der Waals surface area contributed by atoms with Crippen LogP contribution in [0.25, 0.3) is 22.6 Å². The number of rotatable bonds is 3. The number of aromatic nitrogens is 3. The molecule has 0 aliphatic carbocycles. The first-order chi connectivity index (χ1) is 11.3. The van der Waals surface area contributed by atoms with Gasteiger partial charge >= 0.3 is 0 Å². The lowest BCUT2D eigenvalue weighted by Gasteiger charge is -2.23. The zero-order valence-electron chi connectivity index (χ0n) is 12.8. The summed E-state index contributed by atoms with van der Waals surface area (Å²) in [5.74, 6) is 0.482. The zero-order chi connectivity index (χ0) is 15.6. The Hall–Kier alpha value is -2.27. The van der Waals surface area contributed by atoms with Gasteiger partial charge in [0.15, 0.2) is 5.65 Å². The number of imidazole rings is 1. The van der Waals surface area contributed by atoms with Gasteiger partial charge in [0.1, 0.15) is 17.2 Å². The van der Waals surface area contributed by atoms with Crippen molar-refractivity contribution in [3.05, 3.63) is 48.4 Å². The quantitative estimate of drug-likeness (QED) is 0.738. The molecule has 1 atom stereocenters. The van der Waals surface area contributed by atoms with Crippen LogP contribution in [0.4, 0.5) is 4.39 Å². The van der Waals surface area contributed by atoms with E-state index in [0.717, 1.165) is 42.0 Å². The van der Waals surface area contributed by atoms with Crippen LogP contribution in [-0.2, 0) is 11.3 Å². The molecule has 0 saturated carbocycles. The molecule has 2 aromatic heterocycles. The topological polar surface area (TPSA) is 39.9 Å². The molecule has 5 heteroatoms. The number of halogens is 1. The van der Waals surface area contributed by atoms with E-state index in [0.29, 0.717) is 6.54 Å². The molecule has 118 valence electrons. The summed E-state index contributed by atoms with van der Waals surface area (Å²) in [7, 11) is 0. The van der Waals surface area contributed by atoms with Crippen molar-refractivity contribution < 1.29 is 9.13 Å². The maximum atomic E-state index is 13.6. The van der Waals surface area contributed by atoms with Crippen LogP contribution in [0.15, 0.2) is 42.6 Å². The van der Waals surface area contributed by atoms with Crippen molar-refractivity contribution in [3.8, 4) is 11.4 Å². The first kappa shape index (κ1) is 14.3. The van der Waals surface area contributed by atoms with Crippen LogP contribution in [0.1, 0.15) is 19.3 Å². The highest BCUT2D eigenvalue weighted by molar-refractivity contribution is 5.77. The Morgan fingerprint density at radius 3 is 3.00 bits per heavy atom. The number of hydrogen-bond donors (Lipinski definition) is 0. The van der Waals surface area contributed by atoms with Crippen LogP contribution in [0.2, 0.25) is 0 Å². The van der Waals surface area contributed by atoms with E-state index in [4.69, 9.17) is 4.74 Å². The van der Waals surface area contributed by atoms with Crippen LogP contribution in [0.5, 0.6) is 0 Å². The Balaban J connectivity index is 1.80. The van der Waals surface area contributed by atoms with Crippen molar-refractivity contribution in [2.24, 2.45) is 0 Å². The molecule has 3 aromatic rings. The van der Waals surface area contributed by atoms with Gasteiger partial charge in [-0.2, -0.15) is 0 Å². The van der Waals surface area contributed by atoms with E-state index in [9.17, 15) is 4.39 Å². The number of nitrogens with zero attached hydrogens (tertiary/aromatic N) is 3. The maximum absolute atomic E-state index is 13.6. The van der Waals surface area contributed by atoms with E-state index in [2.05, 4.69) is 14.5 Å². The van der Waals surface area contributed by atoms with Crippen LogP contribution in [-0.4, -0.2) is 27.2 Å². The van der Waals surface area contributed by atoms with Gasteiger partial charge in [-0.25, -0.2) is 14.4 Å². The summed E-state index contributed by atoms with van der Waals surface area (Å²) in [5.41, 5.74) is 2.40. The smallest absolute Gasteiger partial charge is 0.160 e. The van der Waals surface area contributed by atoms with Crippen LogP contribution in [0, 0.1) is 5.82 Å². The highest BCUT2D eigenvalue weighted by Crippen LogP contribution is 2.26. The Morgan fingerprint density at radius 1 is 1.22 bits per heavy atom. The van der Waals surface area contributed by atoms with Gasteiger partial charge in [-0.15, -0.1) is 0 Å². The third-order valence-electron chi connectivity index (χ3n) is 4.25. The van der Waals surface area contributed by atoms with Gasteiger partial charge in [-0.3, -0.25) is 0 Å². The van der Waals surface area contributed by atoms with E-state index in [1.54, 1.807) is 12.3 Å². The molecule has 3 heterocycles. The first-order valence-corrected chi connectivity index (χ1v) is 8.00. The Morgan fingerprint density at radius 2 is 2.17 bits per heavy atom. The Kier molecular flexibility index (Phi) is 3.79. The lowest BCUT2D eigenvalue weighted by molar-refractivity contribution is 0.00678. The lowest BCUT2D eigenvalue weighted by Crippen LogP contribution is -2.25. The molecule has 1 aliphatic rings. The van der Waals surface area contributed by atoms with Gasteiger partial charge in [0.05, 0.1) is 12.6 Å². The number of hydrogen-bond acceptors (Lipinski definition) is 3. The van der Waals surface area contributed by atoms with Crippen LogP contribution in [0.3, 0.4) is 0 Å². The van der Waals surface area contributed by atoms with Crippen molar-refractivity contribution in [2.45, 2.75) is 31.9 Å². The van der Waals surface area contributed by atoms with Gasteiger partial charge in [0.2, 0.25) is 0 Å². The van der Waals surface area contributed by atoms with E-state index in [1.807, 2.05) is 18.2 Å². The van der Waals surface area contributed by atoms with E-state index in [1.165, 1.54) is 18.6 Å². The average Bonchev–Trinajstić information content (AvgIpc) is 2.95. The highest BCUT2D eigenvalue weighted by atomic mass is 19.1. The van der Waals surface area contributed by atoms with E-state index < -0.39 is 0 Å². The molecule has 0 bridgehead atoms. The summed E-state index contributed by atoms with van der Waals surface area (Å²) in [6, 6.07) is 10.3. The molecule has 0 N–H and O–H groups in total. The summed E-state index contributed by atoms with van der Waals surface area (Å²) in [5, 5.41) is 0. The van der Waals surface area contributed by atoms with E-state index in [-0.39, 0.29) is 11.9 Å². The van der Waals surface area contributed by atoms with Crippen molar-refractivity contribution >= 4 is 11.2 Å². The molecule has 0 spiro atoms. The summed E-state index contributed by atoms with van der Waals surface area (Å²) >= 11 is 0. The molecule has 4 nitrogen and oxygen atoms in total. The minimum atomic E-state index is -0.261. The molecular weight excluding hydrogens is 293 g/mol. The van der Waals surface area contributed by atoms with Gasteiger partial charge in [-0.1, -0.05) is 12.1 Å². The van der Waals surface area contributed by atoms with Gasteiger partial charge < -0.3 is 9.30 Å². The Labute approximate surface area is 133 Å². The molecule has 1 fully saturated rings. The molecule has 1 unspecified atom stereocenters. The SMILES string of the molecule is Fc1cccc(-c2nc3cccnc3n2CC2CCCCO2)c1. The Bertz CT molecular complexity index is 824. The molecular formula is C18H18FN3O. The monoisotopic (exact) mass is 311 g/mol. The fraction of sp³-hybridized carbons (Fsp3) is 0.333. The van der Waals surface area contributed by atoms with Gasteiger partial charge in [0, 0.05) is 18.4 Å². The first-order valence-electron chi connectivity index (χ1n) is 8.00. The minimum Gasteiger partial charge on any atom is -0.376 e. The highest BCUT2D eigenvalue weighted by Gasteiger charge is 2.20. The third-order valence-corrected chi connectivity index (χ3v) is 4.25. The molecule has 0 amide bonds. The molecule has 1 aliphatic heterocycles. The van der Waals surface area contributed by atoms with Crippen LogP contribution >= 0.6 is 0 Å². The minimum absolute atomic E-state index is 0.162. The number of fused-ring (bicyclic) bond motifs is 1. The number of ether oxygens (including phenoxy) is 1. The van der Waals surface area contributed by atoms with Crippen molar-refractivity contribution in [2.75, 3.05) is 6.61 Å². The summed E-state index contributed by atoms with van der Waals surface area (Å²) in [6.45, 7) is 1.50. The van der Waals surface area contributed by atoms with Gasteiger partial charge in [-0.05, 0) is 43.5 Å². The zero-order valence-corrected chi connectivity index (χ0v) is 12.8. The average molecular weight is 311 g/mol. The van der Waals surface area contributed by atoms with Gasteiger partial charge in [0.25, 0.3) is 0 Å². The fourth-order valence-electron chi connectivity index (χ4n) is 3.13. The van der Waals surface area contributed by atoms with Crippen LogP contribution < -0.4 is 0 Å². The van der Waals surface area contributed by atoms with Crippen molar-refractivity contribution in [3.63, 3.8) is 0 Å². The summed E-state index contributed by atoms with van der Waals surface area (Å²) in [4.78, 5) is 9.13. The van der Waals surface area contributed by atoms with Crippen molar-refractivity contribution in [1.82, 2.24) is 14.5 Å². The lowest BCUT2D eigenvalue weighted by atomic mass is 10.1. The molecule has 1 saturated heterocycles. The number of pyridine rings is 1. The standard InChI is InChI=1S/C18H18FN3O/c19-14-6-3-5-13(11-14)17-21-16-8-4-9-20-18(16)22(17)12-15-7-1-2-10-23-15/h3-6,8-9,11,15H,1-2,7,10,12H2. The second-order valence-corrected chi connectivity index (χ2v) is 5.89. The maximum Gasteiger partial charge on any atom is 0.160 e. The van der Waals surface area contributed by atoms with E-state index >= 15 is 0 Å². The molecule has 0 radical (unpaired) electrons. The second-order valence-electron chi connectivity index (χ2n) is 5.89. The fourth-order valence-corrected chi connectivity index (χ4v) is 3.13. The third kappa shape index (κ3) is 2.84. The number of benzene rings is 1. The van der Waals surface area contributed by atoms with Crippen molar-refractivity contribution in [1.29, 1.82) is 0 Å². The predicted octanol–water partition coefficient (Wildman–Crippen LogP) is 3.81. The largest absolute Gasteiger partial charge is 0.376 e.